The van der Waals surface area contributed by atoms with Gasteiger partial charge in [-0.05, 0) is 58.4 Å². The Kier molecular flexibility index (Phi) is 4.89. The van der Waals surface area contributed by atoms with E-state index in [9.17, 15) is 19.3 Å². The van der Waals surface area contributed by atoms with Crippen LogP contribution in [0.5, 0.6) is 0 Å². The van der Waals surface area contributed by atoms with Crippen LogP contribution in [0.1, 0.15) is 38.7 Å². The van der Waals surface area contributed by atoms with Crippen molar-refractivity contribution < 1.29 is 14.1 Å². The normalized spacial score (nSPS) is 11.1. The number of halogens is 1. The molecule has 8 heteroatoms. The van der Waals surface area contributed by atoms with Gasteiger partial charge in [-0.2, -0.15) is 5.10 Å². The lowest BCUT2D eigenvalue weighted by Crippen LogP contribution is -2.14. The molecule has 0 aliphatic carbocycles. The molecule has 7 nitrogen and oxygen atoms in total. The zero-order valence-electron chi connectivity index (χ0n) is 16.4. The van der Waals surface area contributed by atoms with E-state index in [-0.39, 0.29) is 29.5 Å². The van der Waals surface area contributed by atoms with E-state index < -0.39 is 4.92 Å². The molecule has 2 aromatic heterocycles. The third-order valence-corrected chi connectivity index (χ3v) is 4.96. The van der Waals surface area contributed by atoms with Crippen LogP contribution >= 0.6 is 0 Å². The molecule has 0 saturated heterocycles. The van der Waals surface area contributed by atoms with E-state index in [0.29, 0.717) is 28.2 Å². The lowest BCUT2D eigenvalue weighted by molar-refractivity contribution is -0.386. The second-order valence-corrected chi connectivity index (χ2v) is 6.91. The quantitative estimate of drug-likeness (QED) is 0.376. The van der Waals surface area contributed by atoms with Crippen molar-refractivity contribution in [2.24, 2.45) is 0 Å². The zero-order chi connectivity index (χ0) is 20.7. The van der Waals surface area contributed by atoms with E-state index in [0.717, 1.165) is 5.69 Å². The topological polar surface area (TPSA) is 83.0 Å². The van der Waals surface area contributed by atoms with Crippen molar-refractivity contribution in [3.63, 3.8) is 0 Å². The van der Waals surface area contributed by atoms with Crippen LogP contribution in [0.2, 0.25) is 0 Å². The minimum Gasteiger partial charge on any atom is -0.318 e. The number of carbonyl (C=O) groups excluding carboxylic acids is 1. The summed E-state index contributed by atoms with van der Waals surface area (Å²) in [4.78, 5) is 23.5. The van der Waals surface area contributed by atoms with Gasteiger partial charge >= 0.3 is 5.69 Å². The third-order valence-electron chi connectivity index (χ3n) is 4.96. The minimum atomic E-state index is -0.490. The van der Waals surface area contributed by atoms with Gasteiger partial charge in [0.05, 0.1) is 4.92 Å². The van der Waals surface area contributed by atoms with Gasteiger partial charge in [0.1, 0.15) is 23.7 Å². The molecular weight excluding hydrogens is 363 g/mol. The zero-order valence-corrected chi connectivity index (χ0v) is 16.4. The average molecular weight is 384 g/mol. The first-order valence-corrected chi connectivity index (χ1v) is 8.79. The van der Waals surface area contributed by atoms with Crippen molar-refractivity contribution in [2.45, 2.75) is 41.2 Å². The van der Waals surface area contributed by atoms with Gasteiger partial charge in [0.2, 0.25) is 0 Å². The predicted octanol–water partition coefficient (Wildman–Crippen LogP) is 4.15. The number of hydrogen-bond acceptors (Lipinski definition) is 4. The number of carbonyl (C=O) groups is 1. The summed E-state index contributed by atoms with van der Waals surface area (Å²) in [5.41, 5.74) is 3.68. The Bertz CT molecular complexity index is 1110. The van der Waals surface area contributed by atoms with E-state index >= 15 is 0 Å². The monoisotopic (exact) mass is 384 g/mol. The molecule has 0 atom stereocenters. The molecule has 0 radical (unpaired) electrons. The Hall–Kier alpha value is -3.29. The number of ketones is 1. The summed E-state index contributed by atoms with van der Waals surface area (Å²) in [5, 5.41) is 15.3. The lowest BCUT2D eigenvalue weighted by Gasteiger charge is -2.11. The highest BCUT2D eigenvalue weighted by Crippen LogP contribution is 2.25. The molecule has 0 saturated carbocycles. The number of rotatable bonds is 5. The van der Waals surface area contributed by atoms with Crippen LogP contribution in [0, 0.1) is 50.6 Å². The van der Waals surface area contributed by atoms with E-state index in [1.807, 2.05) is 11.5 Å². The first-order valence-electron chi connectivity index (χ1n) is 8.79. The van der Waals surface area contributed by atoms with E-state index in [1.165, 1.54) is 10.7 Å². The maximum absolute atomic E-state index is 14.0. The first-order chi connectivity index (χ1) is 13.1. The van der Waals surface area contributed by atoms with Crippen molar-refractivity contribution >= 4 is 11.5 Å². The Morgan fingerprint density at radius 3 is 2.39 bits per heavy atom. The van der Waals surface area contributed by atoms with E-state index in [1.54, 1.807) is 45.9 Å². The number of hydrogen-bond donors (Lipinski definition) is 0. The number of nitrogens with zero attached hydrogens (tertiary/aromatic N) is 4. The van der Waals surface area contributed by atoms with Gasteiger partial charge < -0.3 is 4.57 Å². The first kappa shape index (κ1) is 19.5. The number of aryl methyl sites for hydroxylation is 3. The van der Waals surface area contributed by atoms with Crippen molar-refractivity contribution in [1.82, 2.24) is 14.3 Å². The van der Waals surface area contributed by atoms with Crippen LogP contribution < -0.4 is 0 Å². The molecular formula is C20H21FN4O3. The summed E-state index contributed by atoms with van der Waals surface area (Å²) < 4.78 is 17.2. The fourth-order valence-electron chi connectivity index (χ4n) is 3.49. The van der Waals surface area contributed by atoms with Crippen LogP contribution in [-0.4, -0.2) is 25.1 Å². The second-order valence-electron chi connectivity index (χ2n) is 6.91. The Balaban J connectivity index is 1.97. The molecule has 0 N–H and O–H groups in total. The van der Waals surface area contributed by atoms with Crippen molar-refractivity contribution in [3.05, 3.63) is 74.1 Å². The maximum atomic E-state index is 14.0. The number of benzene rings is 1. The van der Waals surface area contributed by atoms with E-state index in [2.05, 4.69) is 5.10 Å². The summed E-state index contributed by atoms with van der Waals surface area (Å²) in [6.07, 6.45) is 0. The molecule has 3 aromatic rings. The van der Waals surface area contributed by atoms with Gasteiger partial charge in [-0.1, -0.05) is 6.07 Å². The lowest BCUT2D eigenvalue weighted by atomic mass is 10.1. The highest BCUT2D eigenvalue weighted by molar-refractivity contribution is 5.97. The highest BCUT2D eigenvalue weighted by atomic mass is 19.1. The van der Waals surface area contributed by atoms with Gasteiger partial charge in [0, 0.05) is 22.6 Å². The Morgan fingerprint density at radius 1 is 1.14 bits per heavy atom. The van der Waals surface area contributed by atoms with Crippen LogP contribution in [0.15, 0.2) is 24.3 Å². The summed E-state index contributed by atoms with van der Waals surface area (Å²) in [6.45, 7) is 8.34. The number of Topliss-reactive ketones (excluding diaryl/α,β-unsaturated/α-hetero) is 1. The van der Waals surface area contributed by atoms with Gasteiger partial charge in [-0.3, -0.25) is 19.6 Å². The SMILES string of the molecule is Cc1ccc(-n2c(C)cc(C(=O)Cn3nc(C)c([N+](=O)[O-])c3C)c2C)cc1F. The molecule has 0 amide bonds. The molecule has 0 fully saturated rings. The molecule has 0 aliphatic heterocycles. The standard InChI is InChI=1S/C20H21FN4O3/c1-11-6-7-16(9-18(11)21)24-12(2)8-17(14(24)4)19(26)10-23-15(5)20(25(27)28)13(3)22-23/h6-9H,10H2,1-5H3. The van der Waals surface area contributed by atoms with Crippen LogP contribution in [-0.2, 0) is 6.54 Å². The summed E-state index contributed by atoms with van der Waals surface area (Å²) >= 11 is 0. The molecule has 0 bridgehead atoms. The Morgan fingerprint density at radius 2 is 1.82 bits per heavy atom. The van der Waals surface area contributed by atoms with Gasteiger partial charge in [-0.25, -0.2) is 4.39 Å². The molecule has 0 aliphatic rings. The molecule has 146 valence electrons. The van der Waals surface area contributed by atoms with Gasteiger partial charge in [0.25, 0.3) is 0 Å². The predicted molar refractivity (Wildman–Crippen MR) is 103 cm³/mol. The molecule has 0 unspecified atom stereocenters. The fraction of sp³-hybridized carbons (Fsp3) is 0.300. The Labute approximate surface area is 161 Å². The molecule has 28 heavy (non-hydrogen) atoms. The van der Waals surface area contributed by atoms with Crippen LogP contribution in [0.25, 0.3) is 5.69 Å². The fourth-order valence-corrected chi connectivity index (χ4v) is 3.49. The molecule has 1 aromatic carbocycles. The van der Waals surface area contributed by atoms with Crippen LogP contribution in [0.3, 0.4) is 0 Å². The maximum Gasteiger partial charge on any atom is 0.312 e. The average Bonchev–Trinajstić information content (AvgIpc) is 3.06. The molecule has 3 rings (SSSR count). The molecule has 2 heterocycles. The summed E-state index contributed by atoms with van der Waals surface area (Å²) in [6, 6.07) is 6.68. The highest BCUT2D eigenvalue weighted by Gasteiger charge is 2.24. The smallest absolute Gasteiger partial charge is 0.312 e. The van der Waals surface area contributed by atoms with E-state index in [4.69, 9.17) is 0 Å². The van der Waals surface area contributed by atoms with Crippen molar-refractivity contribution in [2.75, 3.05) is 0 Å². The van der Waals surface area contributed by atoms with Crippen molar-refractivity contribution in [1.29, 1.82) is 0 Å². The second kappa shape index (κ2) is 7.03. The van der Waals surface area contributed by atoms with Crippen LogP contribution in [0.4, 0.5) is 10.1 Å². The largest absolute Gasteiger partial charge is 0.318 e. The van der Waals surface area contributed by atoms with Crippen molar-refractivity contribution in [3.8, 4) is 5.69 Å². The van der Waals surface area contributed by atoms with Gasteiger partial charge in [0.15, 0.2) is 5.78 Å². The third kappa shape index (κ3) is 3.21. The summed E-state index contributed by atoms with van der Waals surface area (Å²) in [7, 11) is 0. The number of aromatic nitrogens is 3. The summed E-state index contributed by atoms with van der Waals surface area (Å²) in [5.74, 6) is -0.528. The minimum absolute atomic E-state index is 0.0756. The number of nitro groups is 1. The van der Waals surface area contributed by atoms with Gasteiger partial charge in [-0.15, -0.1) is 0 Å². The molecule has 0 spiro atoms.